The fourth-order valence-corrected chi connectivity index (χ4v) is 3.15. The summed E-state index contributed by atoms with van der Waals surface area (Å²) < 4.78 is 66.3. The molecular weight excluding hydrogens is 335 g/mol. The van der Waals surface area contributed by atoms with E-state index in [9.17, 15) is 31.9 Å². The van der Waals surface area contributed by atoms with Crippen LogP contribution in [0.5, 0.6) is 0 Å². The number of allylic oxidation sites excluding steroid dienone is 1. The van der Waals surface area contributed by atoms with Crippen LogP contribution in [0, 0.1) is 16.7 Å². The maximum atomic E-state index is 13.5. The monoisotopic (exact) mass is 350 g/mol. The van der Waals surface area contributed by atoms with Crippen LogP contribution < -0.4 is 0 Å². The van der Waals surface area contributed by atoms with Gasteiger partial charge in [0, 0.05) is 5.92 Å². The van der Waals surface area contributed by atoms with E-state index in [1.807, 2.05) is 0 Å². The zero-order chi connectivity index (χ0) is 17.6. The largest absolute Gasteiger partial charge is 0.481 e. The van der Waals surface area contributed by atoms with E-state index in [0.717, 1.165) is 6.08 Å². The number of carbonyl (C=O) groups is 1. The Bertz CT molecular complexity index is 487. The number of aliphatic carboxylic acids is 1. The SMILES string of the molecule is CCC1(C(=O)O)C(C=C(Cl)C(F)(F)OCC(F)(F)F)C1(C)C. The van der Waals surface area contributed by atoms with Gasteiger partial charge < -0.3 is 9.84 Å². The average molecular weight is 351 g/mol. The molecule has 0 heterocycles. The van der Waals surface area contributed by atoms with Crippen molar-refractivity contribution in [1.29, 1.82) is 0 Å². The van der Waals surface area contributed by atoms with Gasteiger partial charge >= 0.3 is 18.3 Å². The normalized spacial score (nSPS) is 28.6. The molecule has 0 amide bonds. The number of carboxylic acids is 1. The van der Waals surface area contributed by atoms with Gasteiger partial charge in [0.25, 0.3) is 0 Å². The van der Waals surface area contributed by atoms with Gasteiger partial charge in [0.2, 0.25) is 0 Å². The second-order valence-electron chi connectivity index (χ2n) is 5.76. The van der Waals surface area contributed by atoms with Crippen LogP contribution >= 0.6 is 11.6 Å². The predicted molar refractivity (Wildman–Crippen MR) is 68.5 cm³/mol. The second kappa shape index (κ2) is 5.63. The summed E-state index contributed by atoms with van der Waals surface area (Å²) in [7, 11) is 0. The summed E-state index contributed by atoms with van der Waals surface area (Å²) in [5.41, 5.74) is -2.11. The van der Waals surface area contributed by atoms with Crippen LogP contribution in [-0.2, 0) is 9.53 Å². The van der Waals surface area contributed by atoms with Crippen molar-refractivity contribution in [3.05, 3.63) is 11.1 Å². The molecular formula is C13H16ClF5O3. The predicted octanol–water partition coefficient (Wildman–Crippen LogP) is 4.42. The van der Waals surface area contributed by atoms with Crippen LogP contribution in [0.15, 0.2) is 11.1 Å². The molecule has 0 spiro atoms. The molecule has 0 aromatic rings. The minimum Gasteiger partial charge on any atom is -0.481 e. The number of hydrogen-bond donors (Lipinski definition) is 1. The fourth-order valence-electron chi connectivity index (χ4n) is 2.97. The van der Waals surface area contributed by atoms with Gasteiger partial charge in [0.05, 0.1) is 5.41 Å². The van der Waals surface area contributed by atoms with Gasteiger partial charge in [-0.1, -0.05) is 38.4 Å². The smallest absolute Gasteiger partial charge is 0.412 e. The van der Waals surface area contributed by atoms with Crippen LogP contribution in [0.4, 0.5) is 22.0 Å². The van der Waals surface area contributed by atoms with E-state index in [1.54, 1.807) is 20.8 Å². The number of ether oxygens (including phenoxy) is 1. The van der Waals surface area contributed by atoms with Crippen molar-refractivity contribution in [2.24, 2.45) is 16.7 Å². The maximum absolute atomic E-state index is 13.5. The summed E-state index contributed by atoms with van der Waals surface area (Å²) in [5.74, 6) is -1.99. The third-order valence-corrected chi connectivity index (χ3v) is 4.67. The number of halogens is 6. The number of hydrogen-bond acceptors (Lipinski definition) is 2. The van der Waals surface area contributed by atoms with Crippen LogP contribution in [0.25, 0.3) is 0 Å². The first-order valence-electron chi connectivity index (χ1n) is 6.42. The highest BCUT2D eigenvalue weighted by Gasteiger charge is 2.74. The average Bonchev–Trinajstić information content (AvgIpc) is 2.82. The number of rotatable bonds is 6. The number of alkyl halides is 5. The summed E-state index contributed by atoms with van der Waals surface area (Å²) >= 11 is 5.38. The highest BCUT2D eigenvalue weighted by atomic mass is 35.5. The molecule has 0 aliphatic heterocycles. The van der Waals surface area contributed by atoms with Gasteiger partial charge in [-0.3, -0.25) is 4.79 Å². The lowest BCUT2D eigenvalue weighted by Gasteiger charge is -2.17. The molecule has 0 aromatic carbocycles. The quantitative estimate of drug-likeness (QED) is 0.721. The first-order valence-corrected chi connectivity index (χ1v) is 6.80. The van der Waals surface area contributed by atoms with Crippen molar-refractivity contribution in [2.75, 3.05) is 6.61 Å². The fraction of sp³-hybridized carbons (Fsp3) is 0.769. The topological polar surface area (TPSA) is 46.5 Å². The molecule has 128 valence electrons. The molecule has 1 aliphatic rings. The molecule has 1 aliphatic carbocycles. The molecule has 0 bridgehead atoms. The Morgan fingerprint density at radius 3 is 2.14 bits per heavy atom. The number of carboxylic acid groups (broad SMARTS) is 1. The summed E-state index contributed by atoms with van der Waals surface area (Å²) in [5, 5.41) is 8.05. The molecule has 3 nitrogen and oxygen atoms in total. The highest BCUT2D eigenvalue weighted by molar-refractivity contribution is 6.30. The van der Waals surface area contributed by atoms with Crippen molar-refractivity contribution >= 4 is 17.6 Å². The standard InChI is InChI=1S/C13H16ClF5O3/c1-4-11(9(20)21)7(10(11,2)3)5-8(14)13(18,19)22-6-12(15,16)17/h5,7H,4,6H2,1-3H3,(H,20,21). The Balaban J connectivity index is 2.96. The maximum Gasteiger partial charge on any atom is 0.412 e. The van der Waals surface area contributed by atoms with E-state index in [4.69, 9.17) is 11.6 Å². The van der Waals surface area contributed by atoms with Gasteiger partial charge in [0.15, 0.2) is 0 Å². The summed E-state index contributed by atoms with van der Waals surface area (Å²) in [6.07, 6.45) is -8.29. The van der Waals surface area contributed by atoms with Crippen LogP contribution in [0.1, 0.15) is 27.2 Å². The van der Waals surface area contributed by atoms with Gasteiger partial charge in [-0.15, -0.1) is 0 Å². The van der Waals surface area contributed by atoms with Crippen molar-refractivity contribution in [3.8, 4) is 0 Å². The van der Waals surface area contributed by atoms with E-state index < -0.39 is 46.6 Å². The zero-order valence-corrected chi connectivity index (χ0v) is 12.9. The molecule has 2 unspecified atom stereocenters. The Morgan fingerprint density at radius 2 is 1.82 bits per heavy atom. The van der Waals surface area contributed by atoms with Gasteiger partial charge in [-0.2, -0.15) is 22.0 Å². The van der Waals surface area contributed by atoms with Crippen molar-refractivity contribution in [1.82, 2.24) is 0 Å². The van der Waals surface area contributed by atoms with Gasteiger partial charge in [0.1, 0.15) is 11.6 Å². The Labute approximate surface area is 129 Å². The zero-order valence-electron chi connectivity index (χ0n) is 12.1. The third kappa shape index (κ3) is 3.22. The van der Waals surface area contributed by atoms with E-state index in [0.29, 0.717) is 0 Å². The molecule has 22 heavy (non-hydrogen) atoms. The highest BCUT2D eigenvalue weighted by Crippen LogP contribution is 2.71. The second-order valence-corrected chi connectivity index (χ2v) is 6.17. The van der Waals surface area contributed by atoms with E-state index in [-0.39, 0.29) is 6.42 Å². The van der Waals surface area contributed by atoms with Crippen LogP contribution in [0.3, 0.4) is 0 Å². The summed E-state index contributed by atoms with van der Waals surface area (Å²) in [4.78, 5) is 11.4. The molecule has 1 rings (SSSR count). The lowest BCUT2D eigenvalue weighted by Crippen LogP contribution is -2.28. The Kier molecular flexibility index (Phi) is 4.90. The van der Waals surface area contributed by atoms with E-state index in [2.05, 4.69) is 4.74 Å². The Hall–Kier alpha value is -0.890. The molecule has 2 atom stereocenters. The van der Waals surface area contributed by atoms with Crippen molar-refractivity contribution in [3.63, 3.8) is 0 Å². The van der Waals surface area contributed by atoms with Gasteiger partial charge in [-0.25, -0.2) is 0 Å². The molecule has 1 saturated carbocycles. The van der Waals surface area contributed by atoms with Gasteiger partial charge in [-0.05, 0) is 11.8 Å². The minimum atomic E-state index is -4.92. The first kappa shape index (κ1) is 19.2. The molecule has 0 saturated heterocycles. The van der Waals surface area contributed by atoms with E-state index >= 15 is 0 Å². The molecule has 0 aromatic heterocycles. The lowest BCUT2D eigenvalue weighted by atomic mass is 9.93. The summed E-state index contributed by atoms with van der Waals surface area (Å²) in [6, 6.07) is 0. The lowest BCUT2D eigenvalue weighted by molar-refractivity contribution is -0.267. The third-order valence-electron chi connectivity index (χ3n) is 4.32. The van der Waals surface area contributed by atoms with Crippen LogP contribution in [-0.4, -0.2) is 30.0 Å². The summed E-state index contributed by atoms with van der Waals surface area (Å²) in [6.45, 7) is 2.58. The molecule has 9 heteroatoms. The first-order chi connectivity index (χ1) is 9.72. The van der Waals surface area contributed by atoms with E-state index in [1.165, 1.54) is 0 Å². The Morgan fingerprint density at radius 1 is 1.32 bits per heavy atom. The van der Waals surface area contributed by atoms with Crippen molar-refractivity contribution < 1.29 is 36.6 Å². The molecule has 0 radical (unpaired) electrons. The van der Waals surface area contributed by atoms with Crippen LogP contribution in [0.2, 0.25) is 0 Å². The van der Waals surface area contributed by atoms with Crippen molar-refractivity contribution in [2.45, 2.75) is 39.5 Å². The molecule has 1 fully saturated rings. The molecule has 1 N–H and O–H groups in total. The minimum absolute atomic E-state index is 0.176.